The maximum atomic E-state index is 12.4. The fourth-order valence-corrected chi connectivity index (χ4v) is 2.58. The van der Waals surface area contributed by atoms with Crippen molar-refractivity contribution in [1.29, 1.82) is 0 Å². The summed E-state index contributed by atoms with van der Waals surface area (Å²) in [7, 11) is 0. The third kappa shape index (κ3) is 2.26. The zero-order valence-electron chi connectivity index (χ0n) is 11.2. The molecule has 0 N–H and O–H groups in total. The van der Waals surface area contributed by atoms with Gasteiger partial charge in [-0.2, -0.15) is 0 Å². The Morgan fingerprint density at radius 1 is 1.32 bits per heavy atom. The highest BCUT2D eigenvalue weighted by Gasteiger charge is 2.31. The lowest BCUT2D eigenvalue weighted by Gasteiger charge is -2.13. The van der Waals surface area contributed by atoms with Crippen molar-refractivity contribution in [3.8, 4) is 0 Å². The van der Waals surface area contributed by atoms with Gasteiger partial charge in [0.05, 0.1) is 5.52 Å². The number of pyridine rings is 1. The molecule has 1 aliphatic heterocycles. The highest BCUT2D eigenvalue weighted by Crippen LogP contribution is 2.25. The maximum Gasteiger partial charge on any atom is 0.191 e. The number of benzene rings is 1. The smallest absolute Gasteiger partial charge is 0.191 e. The summed E-state index contributed by atoms with van der Waals surface area (Å²) in [5.41, 5.74) is 2.63. The summed E-state index contributed by atoms with van der Waals surface area (Å²) >= 11 is 0. The van der Waals surface area contributed by atoms with E-state index in [-0.39, 0.29) is 11.9 Å². The van der Waals surface area contributed by atoms with Crippen LogP contribution in [0.15, 0.2) is 30.3 Å². The molecule has 19 heavy (non-hydrogen) atoms. The Bertz CT molecular complexity index is 636. The quantitative estimate of drug-likeness (QED) is 0.774. The number of nitrogens with zero attached hydrogens (tertiary/aromatic N) is 1. The largest absolute Gasteiger partial charge is 0.370 e. The second-order valence-electron chi connectivity index (χ2n) is 5.28. The number of ketones is 1. The van der Waals surface area contributed by atoms with Crippen molar-refractivity contribution in [1.82, 2.24) is 4.98 Å². The molecule has 2 heterocycles. The number of Topliss-reactive ketones (excluding diaryl/α,β-unsaturated/α-hetero) is 1. The zero-order chi connectivity index (χ0) is 13.4. The van der Waals surface area contributed by atoms with Crippen molar-refractivity contribution in [2.45, 2.75) is 26.4 Å². The molecule has 1 saturated heterocycles. The van der Waals surface area contributed by atoms with Crippen LogP contribution >= 0.6 is 0 Å². The van der Waals surface area contributed by atoms with Gasteiger partial charge in [-0.15, -0.1) is 0 Å². The Morgan fingerprint density at radius 2 is 2.16 bits per heavy atom. The van der Waals surface area contributed by atoms with E-state index in [1.54, 1.807) is 0 Å². The molecule has 0 radical (unpaired) electrons. The number of carbonyl (C=O) groups excluding carboxylic acids is 1. The van der Waals surface area contributed by atoms with E-state index in [9.17, 15) is 4.79 Å². The predicted octanol–water partition coefficient (Wildman–Crippen LogP) is 3.15. The monoisotopic (exact) mass is 255 g/mol. The van der Waals surface area contributed by atoms with Gasteiger partial charge in [0.2, 0.25) is 0 Å². The van der Waals surface area contributed by atoms with E-state index in [4.69, 9.17) is 4.74 Å². The van der Waals surface area contributed by atoms with Gasteiger partial charge in [-0.25, -0.2) is 0 Å². The van der Waals surface area contributed by atoms with Crippen LogP contribution in [-0.2, 0) is 4.74 Å². The highest BCUT2D eigenvalue weighted by atomic mass is 16.5. The number of rotatable bonds is 2. The molecule has 3 heteroatoms. The Labute approximate surface area is 112 Å². The van der Waals surface area contributed by atoms with Crippen molar-refractivity contribution in [2.75, 3.05) is 6.61 Å². The third-order valence-corrected chi connectivity index (χ3v) is 3.76. The molecule has 2 aromatic rings. The number of aryl methyl sites for hydroxylation is 1. The molecule has 0 spiro atoms. The van der Waals surface area contributed by atoms with Crippen LogP contribution in [0.25, 0.3) is 10.9 Å². The van der Waals surface area contributed by atoms with E-state index in [0.29, 0.717) is 12.5 Å². The summed E-state index contributed by atoms with van der Waals surface area (Å²) in [5, 5.41) is 1.00. The summed E-state index contributed by atoms with van der Waals surface area (Å²) in [4.78, 5) is 16.9. The summed E-state index contributed by atoms with van der Waals surface area (Å²) in [5.74, 6) is 0.395. The number of ether oxygens (including phenoxy) is 1. The second kappa shape index (κ2) is 4.74. The van der Waals surface area contributed by atoms with E-state index in [1.165, 1.54) is 0 Å². The van der Waals surface area contributed by atoms with Crippen molar-refractivity contribution in [2.24, 2.45) is 5.92 Å². The van der Waals surface area contributed by atoms with E-state index in [1.807, 2.05) is 37.3 Å². The number of aromatic nitrogens is 1. The first-order chi connectivity index (χ1) is 9.15. The van der Waals surface area contributed by atoms with Gasteiger partial charge in [0.25, 0.3) is 0 Å². The Morgan fingerprint density at radius 3 is 2.89 bits per heavy atom. The van der Waals surface area contributed by atoms with Gasteiger partial charge in [0.1, 0.15) is 6.10 Å². The minimum absolute atomic E-state index is 0.0903. The normalized spacial score (nSPS) is 22.8. The van der Waals surface area contributed by atoms with Gasteiger partial charge in [0.15, 0.2) is 5.78 Å². The van der Waals surface area contributed by atoms with Gasteiger partial charge in [-0.1, -0.05) is 13.0 Å². The van der Waals surface area contributed by atoms with Crippen molar-refractivity contribution in [3.63, 3.8) is 0 Å². The molecule has 0 aliphatic carbocycles. The lowest BCUT2D eigenvalue weighted by Crippen LogP contribution is -2.25. The molecular formula is C16H17NO2. The maximum absolute atomic E-state index is 12.4. The second-order valence-corrected chi connectivity index (χ2v) is 5.28. The Balaban J connectivity index is 1.97. The van der Waals surface area contributed by atoms with Crippen molar-refractivity contribution >= 4 is 16.7 Å². The minimum atomic E-state index is -0.282. The molecule has 2 atom stereocenters. The predicted molar refractivity (Wildman–Crippen MR) is 74.3 cm³/mol. The molecule has 2 unspecified atom stereocenters. The summed E-state index contributed by atoms with van der Waals surface area (Å²) in [6.07, 6.45) is 0.681. The Hall–Kier alpha value is -1.74. The van der Waals surface area contributed by atoms with Crippen molar-refractivity contribution < 1.29 is 9.53 Å². The molecule has 3 nitrogen and oxygen atoms in total. The highest BCUT2D eigenvalue weighted by molar-refractivity contribution is 6.02. The molecule has 0 amide bonds. The van der Waals surface area contributed by atoms with E-state index >= 15 is 0 Å². The standard InChI is InChI=1S/C16H17NO2/c1-10-7-8-19-16(10)15(18)13-5-6-14-12(9-13)4-3-11(2)17-14/h3-6,9-10,16H,7-8H2,1-2H3. The first-order valence-electron chi connectivity index (χ1n) is 6.68. The van der Waals surface area contributed by atoms with Crippen LogP contribution in [0, 0.1) is 12.8 Å². The number of hydrogen-bond donors (Lipinski definition) is 0. The fraction of sp³-hybridized carbons (Fsp3) is 0.375. The molecule has 1 aromatic carbocycles. The SMILES string of the molecule is Cc1ccc2cc(C(=O)C3OCCC3C)ccc2n1. The van der Waals surface area contributed by atoms with Crippen LogP contribution in [0.3, 0.4) is 0 Å². The van der Waals surface area contributed by atoms with Gasteiger partial charge in [0, 0.05) is 23.3 Å². The first-order valence-corrected chi connectivity index (χ1v) is 6.68. The van der Waals surface area contributed by atoms with Crippen LogP contribution in [0.4, 0.5) is 0 Å². The molecule has 98 valence electrons. The van der Waals surface area contributed by atoms with Crippen LogP contribution in [0.5, 0.6) is 0 Å². The lowest BCUT2D eigenvalue weighted by atomic mass is 9.95. The summed E-state index contributed by atoms with van der Waals surface area (Å²) in [6, 6.07) is 9.65. The third-order valence-electron chi connectivity index (χ3n) is 3.76. The minimum Gasteiger partial charge on any atom is -0.370 e. The average molecular weight is 255 g/mol. The zero-order valence-corrected chi connectivity index (χ0v) is 11.2. The van der Waals surface area contributed by atoms with Crippen molar-refractivity contribution in [3.05, 3.63) is 41.6 Å². The number of fused-ring (bicyclic) bond motifs is 1. The molecular weight excluding hydrogens is 238 g/mol. The lowest BCUT2D eigenvalue weighted by molar-refractivity contribution is 0.0579. The van der Waals surface area contributed by atoms with Gasteiger partial charge >= 0.3 is 0 Å². The van der Waals surface area contributed by atoms with Gasteiger partial charge in [-0.3, -0.25) is 9.78 Å². The average Bonchev–Trinajstić information content (AvgIpc) is 2.83. The van der Waals surface area contributed by atoms with Crippen LogP contribution in [0.1, 0.15) is 29.4 Å². The van der Waals surface area contributed by atoms with E-state index in [0.717, 1.165) is 28.6 Å². The fourth-order valence-electron chi connectivity index (χ4n) is 2.58. The van der Waals surface area contributed by atoms with Crippen LogP contribution in [0.2, 0.25) is 0 Å². The van der Waals surface area contributed by atoms with E-state index < -0.39 is 0 Å². The Kier molecular flexibility index (Phi) is 3.07. The molecule has 1 aromatic heterocycles. The van der Waals surface area contributed by atoms with Crippen LogP contribution in [-0.4, -0.2) is 23.5 Å². The number of hydrogen-bond acceptors (Lipinski definition) is 3. The molecule has 1 aliphatic rings. The van der Waals surface area contributed by atoms with E-state index in [2.05, 4.69) is 11.9 Å². The van der Waals surface area contributed by atoms with Gasteiger partial charge in [-0.05, 0) is 43.5 Å². The topological polar surface area (TPSA) is 39.2 Å². The molecule has 0 bridgehead atoms. The van der Waals surface area contributed by atoms with Crippen LogP contribution < -0.4 is 0 Å². The van der Waals surface area contributed by atoms with Gasteiger partial charge < -0.3 is 4.74 Å². The molecule has 1 fully saturated rings. The summed E-state index contributed by atoms with van der Waals surface area (Å²) < 4.78 is 5.55. The first kappa shape index (κ1) is 12.3. The molecule has 0 saturated carbocycles. The molecule has 3 rings (SSSR count). The summed E-state index contributed by atoms with van der Waals surface area (Å²) in [6.45, 7) is 4.72. The number of carbonyl (C=O) groups is 1.